The van der Waals surface area contributed by atoms with E-state index in [2.05, 4.69) is 37.0 Å². The average molecular weight is 481 g/mol. The van der Waals surface area contributed by atoms with Gasteiger partial charge in [0, 0.05) is 49.6 Å². The van der Waals surface area contributed by atoms with Gasteiger partial charge in [-0.05, 0) is 60.0 Å². The standard InChI is InChI=1S/C25H33FN8O/c1-16-12-21(30-23(28-16)24(3,4)26)34-19-13-20(29-17(2)35)27-14-18(19)22(31-34)32-11-8-25(5,15-32)33-9-6-7-10-33/h12-14H,6-11,15H2,1-5H3,(H,27,29,35)/t25-/m1/s1. The third-order valence-corrected chi connectivity index (χ3v) is 7.06. The van der Waals surface area contributed by atoms with Crippen molar-refractivity contribution < 1.29 is 9.18 Å². The van der Waals surface area contributed by atoms with Gasteiger partial charge in [-0.25, -0.2) is 24.0 Å². The molecule has 0 radical (unpaired) electrons. The van der Waals surface area contributed by atoms with E-state index in [4.69, 9.17) is 5.10 Å². The van der Waals surface area contributed by atoms with E-state index >= 15 is 0 Å². The first-order chi connectivity index (χ1) is 16.5. The first-order valence-electron chi connectivity index (χ1n) is 12.3. The molecule has 0 aromatic carbocycles. The summed E-state index contributed by atoms with van der Waals surface area (Å²) in [7, 11) is 0. The maximum atomic E-state index is 14.8. The van der Waals surface area contributed by atoms with Crippen LogP contribution in [-0.4, -0.2) is 67.3 Å². The van der Waals surface area contributed by atoms with E-state index in [1.54, 1.807) is 23.0 Å². The van der Waals surface area contributed by atoms with E-state index in [1.807, 2.05) is 6.92 Å². The van der Waals surface area contributed by atoms with Crippen LogP contribution in [0.25, 0.3) is 16.7 Å². The molecule has 0 spiro atoms. The molecule has 3 aromatic heterocycles. The molecule has 0 saturated carbocycles. The Kier molecular flexibility index (Phi) is 5.74. The minimum absolute atomic E-state index is 0.104. The highest BCUT2D eigenvalue weighted by Crippen LogP contribution is 2.37. The molecule has 2 saturated heterocycles. The number of hydrogen-bond acceptors (Lipinski definition) is 7. The third kappa shape index (κ3) is 4.47. The number of nitrogens with zero attached hydrogens (tertiary/aromatic N) is 7. The van der Waals surface area contributed by atoms with Gasteiger partial charge in [-0.2, -0.15) is 0 Å². The number of aryl methyl sites for hydroxylation is 1. The van der Waals surface area contributed by atoms with Crippen LogP contribution in [0.5, 0.6) is 0 Å². The fraction of sp³-hybridized carbons (Fsp3) is 0.560. The number of anilines is 2. The SMILES string of the molecule is CC(=O)Nc1cc2c(cn1)c(N1CC[C@@](C)(N3CCCC3)C1)nn2-c1cc(C)nc(C(C)(C)F)n1. The van der Waals surface area contributed by atoms with Crippen molar-refractivity contribution in [2.45, 2.75) is 65.1 Å². The van der Waals surface area contributed by atoms with E-state index in [0.29, 0.717) is 17.3 Å². The van der Waals surface area contributed by atoms with Gasteiger partial charge in [-0.3, -0.25) is 9.69 Å². The highest BCUT2D eigenvalue weighted by atomic mass is 19.1. The Labute approximate surface area is 204 Å². The molecule has 0 bridgehead atoms. The number of rotatable bonds is 5. The second-order valence-corrected chi connectivity index (χ2v) is 10.5. The second-order valence-electron chi connectivity index (χ2n) is 10.5. The smallest absolute Gasteiger partial charge is 0.222 e. The summed E-state index contributed by atoms with van der Waals surface area (Å²) in [5.41, 5.74) is -0.191. The molecular weight excluding hydrogens is 447 g/mol. The Balaban J connectivity index is 1.62. The Morgan fingerprint density at radius 1 is 1.17 bits per heavy atom. The first kappa shape index (κ1) is 23.6. The maximum Gasteiger partial charge on any atom is 0.222 e. The number of halogens is 1. The quantitative estimate of drug-likeness (QED) is 0.595. The zero-order valence-electron chi connectivity index (χ0n) is 21.1. The fourth-order valence-corrected chi connectivity index (χ4v) is 5.22. The summed E-state index contributed by atoms with van der Waals surface area (Å²) in [6.45, 7) is 12.5. The van der Waals surface area contributed by atoms with Gasteiger partial charge in [0.15, 0.2) is 23.1 Å². The molecule has 2 aliphatic heterocycles. The van der Waals surface area contributed by atoms with Crippen LogP contribution >= 0.6 is 0 Å². The van der Waals surface area contributed by atoms with E-state index < -0.39 is 5.67 Å². The normalized spacial score (nSPS) is 21.3. The van der Waals surface area contributed by atoms with Crippen molar-refractivity contribution in [3.8, 4) is 5.82 Å². The minimum atomic E-state index is -1.69. The van der Waals surface area contributed by atoms with Crippen molar-refractivity contribution in [2.24, 2.45) is 0 Å². The molecule has 3 aromatic rings. The van der Waals surface area contributed by atoms with Crippen LogP contribution in [0, 0.1) is 6.92 Å². The number of carbonyl (C=O) groups excluding carboxylic acids is 1. The monoisotopic (exact) mass is 480 g/mol. The number of likely N-dealkylation sites (tertiary alicyclic amines) is 1. The number of alkyl halides is 1. The van der Waals surface area contributed by atoms with Crippen molar-refractivity contribution in [1.29, 1.82) is 0 Å². The number of pyridine rings is 1. The summed E-state index contributed by atoms with van der Waals surface area (Å²) in [6.07, 6.45) is 5.32. The van der Waals surface area contributed by atoms with Crippen molar-refractivity contribution in [2.75, 3.05) is 36.4 Å². The molecule has 35 heavy (non-hydrogen) atoms. The van der Waals surface area contributed by atoms with Gasteiger partial charge in [-0.1, -0.05) is 0 Å². The van der Waals surface area contributed by atoms with Crippen molar-refractivity contribution in [1.82, 2.24) is 29.6 Å². The Hall–Kier alpha value is -3.14. The van der Waals surface area contributed by atoms with Crippen molar-refractivity contribution in [3.63, 3.8) is 0 Å². The van der Waals surface area contributed by atoms with Crippen LogP contribution < -0.4 is 10.2 Å². The van der Waals surface area contributed by atoms with E-state index in [1.165, 1.54) is 33.6 Å². The predicted octanol–water partition coefficient (Wildman–Crippen LogP) is 3.75. The number of amides is 1. The predicted molar refractivity (Wildman–Crippen MR) is 134 cm³/mol. The zero-order chi connectivity index (χ0) is 25.0. The molecule has 1 amide bonds. The largest absolute Gasteiger partial charge is 0.353 e. The number of nitrogens with one attached hydrogen (secondary N) is 1. The summed E-state index contributed by atoms with van der Waals surface area (Å²) in [5.74, 6) is 1.64. The van der Waals surface area contributed by atoms with Gasteiger partial charge in [0.05, 0.1) is 10.9 Å². The van der Waals surface area contributed by atoms with E-state index in [-0.39, 0.29) is 17.3 Å². The second kappa shape index (κ2) is 8.51. The lowest BCUT2D eigenvalue weighted by Gasteiger charge is -2.35. The molecule has 2 aliphatic rings. The van der Waals surface area contributed by atoms with Crippen LogP contribution in [0.2, 0.25) is 0 Å². The van der Waals surface area contributed by atoms with Crippen molar-refractivity contribution in [3.05, 3.63) is 29.8 Å². The topological polar surface area (TPSA) is 92.1 Å². The van der Waals surface area contributed by atoms with Gasteiger partial charge in [0.1, 0.15) is 5.82 Å². The molecule has 2 fully saturated rings. The summed E-state index contributed by atoms with van der Waals surface area (Å²) >= 11 is 0. The fourth-order valence-electron chi connectivity index (χ4n) is 5.22. The van der Waals surface area contributed by atoms with Crippen LogP contribution in [0.15, 0.2) is 18.3 Å². The van der Waals surface area contributed by atoms with Gasteiger partial charge in [0.2, 0.25) is 5.91 Å². The molecule has 0 unspecified atom stereocenters. The number of carbonyl (C=O) groups is 1. The lowest BCUT2D eigenvalue weighted by atomic mass is 10.00. The van der Waals surface area contributed by atoms with Crippen LogP contribution in [-0.2, 0) is 10.5 Å². The maximum absolute atomic E-state index is 14.8. The van der Waals surface area contributed by atoms with E-state index in [9.17, 15) is 9.18 Å². The van der Waals surface area contributed by atoms with Crippen LogP contribution in [0.3, 0.4) is 0 Å². The number of hydrogen-bond donors (Lipinski definition) is 1. The van der Waals surface area contributed by atoms with Crippen LogP contribution in [0.4, 0.5) is 16.0 Å². The molecule has 10 heteroatoms. The summed E-state index contributed by atoms with van der Waals surface area (Å²) < 4.78 is 16.5. The number of fused-ring (bicyclic) bond motifs is 1. The molecule has 1 N–H and O–H groups in total. The average Bonchev–Trinajstić information content (AvgIpc) is 3.51. The summed E-state index contributed by atoms with van der Waals surface area (Å²) in [4.78, 5) is 29.9. The molecule has 1 atom stereocenters. The third-order valence-electron chi connectivity index (χ3n) is 7.06. The van der Waals surface area contributed by atoms with Gasteiger partial charge < -0.3 is 10.2 Å². The summed E-state index contributed by atoms with van der Waals surface area (Å²) in [5, 5.41) is 8.59. The first-order valence-corrected chi connectivity index (χ1v) is 12.3. The zero-order valence-corrected chi connectivity index (χ0v) is 21.1. The molecule has 9 nitrogen and oxygen atoms in total. The Morgan fingerprint density at radius 2 is 1.91 bits per heavy atom. The Bertz CT molecular complexity index is 1280. The minimum Gasteiger partial charge on any atom is -0.353 e. The summed E-state index contributed by atoms with van der Waals surface area (Å²) in [6, 6.07) is 3.59. The Morgan fingerprint density at radius 3 is 2.60 bits per heavy atom. The molecular formula is C25H33FN8O. The molecule has 186 valence electrons. The molecule has 5 heterocycles. The van der Waals surface area contributed by atoms with Gasteiger partial charge in [-0.15, -0.1) is 5.10 Å². The van der Waals surface area contributed by atoms with E-state index in [0.717, 1.165) is 49.3 Å². The van der Waals surface area contributed by atoms with Gasteiger partial charge in [0.25, 0.3) is 0 Å². The molecule has 0 aliphatic carbocycles. The molecule has 5 rings (SSSR count). The van der Waals surface area contributed by atoms with Crippen LogP contribution in [0.1, 0.15) is 58.5 Å². The highest BCUT2D eigenvalue weighted by Gasteiger charge is 2.41. The van der Waals surface area contributed by atoms with Gasteiger partial charge >= 0.3 is 0 Å². The lowest BCUT2D eigenvalue weighted by molar-refractivity contribution is -0.114. The number of aromatic nitrogens is 5. The lowest BCUT2D eigenvalue weighted by Crippen LogP contribution is -2.46. The van der Waals surface area contributed by atoms with Crippen molar-refractivity contribution >= 4 is 28.4 Å². The highest BCUT2D eigenvalue weighted by molar-refractivity contribution is 5.95.